The van der Waals surface area contributed by atoms with Crippen LogP contribution in [0.25, 0.3) is 0 Å². The minimum absolute atomic E-state index is 0. The predicted octanol–water partition coefficient (Wildman–Crippen LogP) is -1.99. The van der Waals surface area contributed by atoms with Gasteiger partial charge >= 0.3 is 16.5 Å². The maximum Gasteiger partial charge on any atom is 2.00 e. The Bertz CT molecular complexity index is 208. The van der Waals surface area contributed by atoms with Gasteiger partial charge in [-0.15, -0.1) is 0 Å². The van der Waals surface area contributed by atoms with Gasteiger partial charge in [0, 0.05) is 0 Å². The molecule has 72 valence electrons. The number of hydrogen-bond donors (Lipinski definition) is 2. The molecule has 0 radical (unpaired) electrons. The van der Waals surface area contributed by atoms with Gasteiger partial charge in [-0.2, -0.15) is 0 Å². The van der Waals surface area contributed by atoms with Gasteiger partial charge in [0.2, 0.25) is 20.8 Å². The summed E-state index contributed by atoms with van der Waals surface area (Å²) in [4.78, 5) is 0. The third-order valence-electron chi connectivity index (χ3n) is 0. The number of rotatable bonds is 0. The Morgan fingerprint density at radius 1 is 0.818 bits per heavy atom. The number of hydrogen-bond acceptors (Lipinski definition) is 6. The zero-order chi connectivity index (χ0) is 9.00. The molecule has 8 nitrogen and oxygen atoms in total. The van der Waals surface area contributed by atoms with E-state index in [9.17, 15) is 0 Å². The molecule has 11 heavy (non-hydrogen) atoms. The summed E-state index contributed by atoms with van der Waals surface area (Å²) in [5, 5.41) is 0. The molecule has 0 bridgehead atoms. The zero-order valence-electron chi connectivity index (χ0n) is 4.48. The van der Waals surface area contributed by atoms with E-state index in [2.05, 4.69) is 0 Å². The third kappa shape index (κ3) is 12700. The third-order valence-corrected chi connectivity index (χ3v) is 0. The maximum atomic E-state index is 8.63. The predicted molar refractivity (Wildman–Crippen MR) is 24.7 cm³/mol. The van der Waals surface area contributed by atoms with Gasteiger partial charge in [-0.3, -0.25) is 9.11 Å². The summed E-state index contributed by atoms with van der Waals surface area (Å²) < 4.78 is 65.7. The SMILES string of the molecule is O=S(=O)([O-])O.O=S(=O)([O-])O.[Ni+2]. The van der Waals surface area contributed by atoms with Crippen LogP contribution in [0.4, 0.5) is 0 Å². The topological polar surface area (TPSA) is 155 Å². The first-order valence-corrected chi connectivity index (χ1v) is 4.10. The van der Waals surface area contributed by atoms with Crippen molar-refractivity contribution in [3.05, 3.63) is 0 Å². The molecule has 0 spiro atoms. The van der Waals surface area contributed by atoms with Crippen molar-refractivity contribution in [3.8, 4) is 0 Å². The van der Waals surface area contributed by atoms with Crippen molar-refractivity contribution in [1.82, 2.24) is 0 Å². The van der Waals surface area contributed by atoms with Crippen LogP contribution in [0, 0.1) is 0 Å². The van der Waals surface area contributed by atoms with E-state index in [1.54, 1.807) is 0 Å². The maximum absolute atomic E-state index is 8.63. The van der Waals surface area contributed by atoms with Crippen LogP contribution >= 0.6 is 0 Å². The zero-order valence-corrected chi connectivity index (χ0v) is 7.10. The monoisotopic (exact) mass is 252 g/mol. The van der Waals surface area contributed by atoms with Gasteiger partial charge in [-0.1, -0.05) is 0 Å². The second-order valence-electron chi connectivity index (χ2n) is 0.855. The molecular weight excluding hydrogens is 251 g/mol. The average molecular weight is 253 g/mol. The van der Waals surface area contributed by atoms with Gasteiger partial charge in [-0.25, -0.2) is 16.8 Å². The molecular formula is H2NiO8S2. The van der Waals surface area contributed by atoms with Crippen LogP contribution in [0.15, 0.2) is 0 Å². The van der Waals surface area contributed by atoms with E-state index < -0.39 is 20.8 Å². The Balaban J connectivity index is -0.000000107. The van der Waals surface area contributed by atoms with E-state index in [0.29, 0.717) is 0 Å². The summed E-state index contributed by atoms with van der Waals surface area (Å²) in [7, 11) is -9.83. The van der Waals surface area contributed by atoms with Crippen molar-refractivity contribution in [3.63, 3.8) is 0 Å². The van der Waals surface area contributed by atoms with E-state index in [0.717, 1.165) is 0 Å². The molecule has 2 N–H and O–H groups in total. The van der Waals surface area contributed by atoms with Gasteiger partial charge in [0.15, 0.2) is 0 Å². The van der Waals surface area contributed by atoms with Crippen molar-refractivity contribution in [2.75, 3.05) is 0 Å². The van der Waals surface area contributed by atoms with E-state index in [-0.39, 0.29) is 16.5 Å². The normalized spacial score (nSPS) is 10.5. The van der Waals surface area contributed by atoms with Gasteiger partial charge in [0.05, 0.1) is 0 Å². The Morgan fingerprint density at radius 3 is 0.818 bits per heavy atom. The van der Waals surface area contributed by atoms with Gasteiger partial charge in [0.1, 0.15) is 0 Å². The van der Waals surface area contributed by atoms with Crippen molar-refractivity contribution >= 4 is 20.8 Å². The minimum Gasteiger partial charge on any atom is -0.726 e. The quantitative estimate of drug-likeness (QED) is 0.285. The second-order valence-corrected chi connectivity index (χ2v) is 2.57. The van der Waals surface area contributed by atoms with Gasteiger partial charge in [-0.05, 0) is 0 Å². The summed E-state index contributed by atoms with van der Waals surface area (Å²) in [6, 6.07) is 0. The molecule has 0 unspecified atom stereocenters. The smallest absolute Gasteiger partial charge is 0.726 e. The molecule has 0 fully saturated rings. The Kier molecular flexibility index (Phi) is 9.20. The summed E-state index contributed by atoms with van der Waals surface area (Å²) in [5.41, 5.74) is 0. The molecule has 0 saturated heterocycles. The van der Waals surface area contributed by atoms with Crippen LogP contribution in [-0.2, 0) is 37.3 Å². The molecule has 0 saturated carbocycles. The summed E-state index contributed by atoms with van der Waals surface area (Å²) >= 11 is 0. The Labute approximate surface area is 72.7 Å². The van der Waals surface area contributed by atoms with Crippen LogP contribution in [0.1, 0.15) is 0 Å². The van der Waals surface area contributed by atoms with Crippen molar-refractivity contribution in [1.29, 1.82) is 0 Å². The molecule has 0 aliphatic rings. The molecule has 0 rings (SSSR count). The van der Waals surface area contributed by atoms with E-state index in [4.69, 9.17) is 35.0 Å². The molecule has 0 aromatic heterocycles. The van der Waals surface area contributed by atoms with Crippen LogP contribution in [0.5, 0.6) is 0 Å². The van der Waals surface area contributed by atoms with Crippen molar-refractivity contribution < 1.29 is 51.5 Å². The molecule has 11 heteroatoms. The largest absolute Gasteiger partial charge is 2.00 e. The minimum atomic E-state index is -4.92. The van der Waals surface area contributed by atoms with Crippen LogP contribution in [0.3, 0.4) is 0 Å². The van der Waals surface area contributed by atoms with Crippen LogP contribution in [0.2, 0.25) is 0 Å². The second kappa shape index (κ2) is 5.83. The summed E-state index contributed by atoms with van der Waals surface area (Å²) in [6.45, 7) is 0. The molecule has 0 aromatic rings. The van der Waals surface area contributed by atoms with Crippen LogP contribution < -0.4 is 0 Å². The molecule has 0 atom stereocenters. The van der Waals surface area contributed by atoms with Gasteiger partial charge in [0.25, 0.3) is 0 Å². The first-order chi connectivity index (χ1) is 4.00. The van der Waals surface area contributed by atoms with E-state index >= 15 is 0 Å². The fraction of sp³-hybridized carbons (Fsp3) is 0. The molecule has 0 amide bonds. The Morgan fingerprint density at radius 2 is 0.818 bits per heavy atom. The van der Waals surface area contributed by atoms with Crippen LogP contribution in [-0.4, -0.2) is 35.0 Å². The fourth-order valence-corrected chi connectivity index (χ4v) is 0. The molecule has 0 aliphatic carbocycles. The standard InChI is InChI=1S/Ni.2H2O4S/c;2*1-5(2,3)4/h;2*(H2,1,2,3,4)/q+2;;/p-2. The van der Waals surface area contributed by atoms with Crippen molar-refractivity contribution in [2.45, 2.75) is 0 Å². The van der Waals surface area contributed by atoms with Gasteiger partial charge < -0.3 is 9.11 Å². The molecule has 0 aromatic carbocycles. The van der Waals surface area contributed by atoms with E-state index in [1.807, 2.05) is 0 Å². The first-order valence-electron chi connectivity index (χ1n) is 1.37. The Hall–Kier alpha value is 0.234. The summed E-state index contributed by atoms with van der Waals surface area (Å²) in [6.07, 6.45) is 0. The molecule has 0 heterocycles. The average Bonchev–Trinajstić information content (AvgIpc) is 1.12. The van der Waals surface area contributed by atoms with Crippen molar-refractivity contribution in [2.24, 2.45) is 0 Å². The fourth-order valence-electron chi connectivity index (χ4n) is 0. The van der Waals surface area contributed by atoms with E-state index in [1.165, 1.54) is 0 Å². The first kappa shape index (κ1) is 17.4. The summed E-state index contributed by atoms with van der Waals surface area (Å²) in [5.74, 6) is 0. The molecule has 0 aliphatic heterocycles.